The lowest BCUT2D eigenvalue weighted by atomic mass is 9.95. The van der Waals surface area contributed by atoms with E-state index in [-0.39, 0.29) is 11.3 Å². The van der Waals surface area contributed by atoms with Crippen molar-refractivity contribution in [3.8, 4) is 5.75 Å². The number of hydrogen-bond acceptors (Lipinski definition) is 4. The minimum atomic E-state index is -0.276. The molecule has 0 radical (unpaired) electrons. The van der Waals surface area contributed by atoms with Crippen LogP contribution in [0.2, 0.25) is 0 Å². The predicted octanol–water partition coefficient (Wildman–Crippen LogP) is 2.72. The maximum atomic E-state index is 11.5. The van der Waals surface area contributed by atoms with Gasteiger partial charge in [-0.15, -0.1) is 11.3 Å². The van der Waals surface area contributed by atoms with Crippen molar-refractivity contribution >= 4 is 31.8 Å². The number of aromatic nitrogens is 2. The van der Waals surface area contributed by atoms with E-state index in [1.165, 1.54) is 41.5 Å². The smallest absolute Gasteiger partial charge is 0.252 e. The van der Waals surface area contributed by atoms with Gasteiger partial charge in [0.15, 0.2) is 0 Å². The Kier molecular flexibility index (Phi) is 2.20. The second kappa shape index (κ2) is 3.81. The zero-order valence-corrected chi connectivity index (χ0v) is 11.0. The van der Waals surface area contributed by atoms with Crippen LogP contribution in [0.3, 0.4) is 0 Å². The Labute approximate surface area is 112 Å². The summed E-state index contributed by atoms with van der Waals surface area (Å²) in [5, 5.41) is 10.8. The number of aryl methyl sites for hydroxylation is 2. The summed E-state index contributed by atoms with van der Waals surface area (Å²) in [6, 6.07) is 3.35. The Morgan fingerprint density at radius 2 is 2.11 bits per heavy atom. The summed E-state index contributed by atoms with van der Waals surface area (Å²) in [4.78, 5) is 19.9. The quantitative estimate of drug-likeness (QED) is 0.661. The normalized spacial score (nSPS) is 14.9. The van der Waals surface area contributed by atoms with Crippen molar-refractivity contribution in [2.75, 3.05) is 0 Å². The van der Waals surface area contributed by atoms with Crippen molar-refractivity contribution in [2.45, 2.75) is 25.7 Å². The molecule has 3 aromatic rings. The first-order valence-corrected chi connectivity index (χ1v) is 7.21. The maximum absolute atomic E-state index is 11.5. The van der Waals surface area contributed by atoms with Crippen LogP contribution in [0.1, 0.15) is 24.1 Å². The highest BCUT2D eigenvalue weighted by atomic mass is 32.1. The van der Waals surface area contributed by atoms with Gasteiger partial charge in [0.05, 0.1) is 10.2 Å². The summed E-state index contributed by atoms with van der Waals surface area (Å²) in [5.74, 6) is 0.0414. The first-order valence-electron chi connectivity index (χ1n) is 6.40. The van der Waals surface area contributed by atoms with Crippen molar-refractivity contribution in [3.63, 3.8) is 0 Å². The van der Waals surface area contributed by atoms with Gasteiger partial charge in [-0.2, -0.15) is 0 Å². The Morgan fingerprint density at radius 3 is 3.00 bits per heavy atom. The van der Waals surface area contributed by atoms with E-state index in [1.807, 2.05) is 0 Å². The summed E-state index contributed by atoms with van der Waals surface area (Å²) in [6.45, 7) is 0. The summed E-state index contributed by atoms with van der Waals surface area (Å²) < 4.78 is 0.712. The fourth-order valence-electron chi connectivity index (χ4n) is 2.80. The summed E-state index contributed by atoms with van der Waals surface area (Å²) in [6.07, 6.45) is 4.48. The van der Waals surface area contributed by atoms with E-state index < -0.39 is 0 Å². The number of hydrogen-bond donors (Lipinski definition) is 2. The lowest BCUT2D eigenvalue weighted by molar-refractivity contribution is 0.481. The van der Waals surface area contributed by atoms with Crippen LogP contribution in [-0.4, -0.2) is 15.1 Å². The molecule has 0 fully saturated rings. The van der Waals surface area contributed by atoms with Gasteiger partial charge in [-0.1, -0.05) is 0 Å². The molecule has 0 bridgehead atoms. The number of H-pyrrole nitrogens is 1. The summed E-state index contributed by atoms with van der Waals surface area (Å²) in [7, 11) is 0. The number of aromatic amines is 1. The third-order valence-corrected chi connectivity index (χ3v) is 4.83. The molecule has 0 saturated heterocycles. The van der Waals surface area contributed by atoms with Crippen LogP contribution in [0.25, 0.3) is 20.4 Å². The molecule has 0 amide bonds. The first kappa shape index (κ1) is 11.0. The van der Waals surface area contributed by atoms with Gasteiger partial charge >= 0.3 is 0 Å². The summed E-state index contributed by atoms with van der Waals surface area (Å²) in [5.41, 5.74) is 2.89. The SMILES string of the molecule is O=c1cc(O)c2sc3nc4c(cc3c2[nH]1)CCCC4. The van der Waals surface area contributed by atoms with E-state index in [0.717, 1.165) is 23.1 Å². The molecule has 0 unspecified atom stereocenters. The molecule has 0 atom stereocenters. The molecule has 0 saturated carbocycles. The zero-order valence-electron chi connectivity index (χ0n) is 10.2. The van der Waals surface area contributed by atoms with Gasteiger partial charge in [-0.25, -0.2) is 4.98 Å². The fraction of sp³-hybridized carbons (Fsp3) is 0.286. The van der Waals surface area contributed by atoms with Crippen molar-refractivity contribution in [1.29, 1.82) is 0 Å². The number of pyridine rings is 2. The first-order chi connectivity index (χ1) is 9.22. The predicted molar refractivity (Wildman–Crippen MR) is 76.1 cm³/mol. The molecule has 1 aliphatic rings. The number of nitrogens with zero attached hydrogens (tertiary/aromatic N) is 1. The highest BCUT2D eigenvalue weighted by molar-refractivity contribution is 7.25. The fourth-order valence-corrected chi connectivity index (χ4v) is 3.84. The van der Waals surface area contributed by atoms with E-state index in [2.05, 4.69) is 11.1 Å². The molecule has 96 valence electrons. The molecule has 0 spiro atoms. The lowest BCUT2D eigenvalue weighted by Gasteiger charge is -2.13. The van der Waals surface area contributed by atoms with Crippen molar-refractivity contribution < 1.29 is 5.11 Å². The molecule has 0 aliphatic heterocycles. The van der Waals surface area contributed by atoms with E-state index in [9.17, 15) is 9.90 Å². The molecule has 1 aliphatic carbocycles. The number of rotatable bonds is 0. The van der Waals surface area contributed by atoms with Crippen LogP contribution in [0.4, 0.5) is 0 Å². The minimum absolute atomic E-state index is 0.0414. The molecule has 19 heavy (non-hydrogen) atoms. The van der Waals surface area contributed by atoms with Crippen molar-refractivity contribution in [2.24, 2.45) is 0 Å². The monoisotopic (exact) mass is 272 g/mol. The van der Waals surface area contributed by atoms with E-state index in [0.29, 0.717) is 10.2 Å². The standard InChI is InChI=1S/C14H12N2O2S/c17-10-6-11(18)16-12-8-5-7-3-1-2-4-9(7)15-14(8)19-13(10)12/h5-6H,1-4H2,(H2,16,17,18). The second-order valence-electron chi connectivity index (χ2n) is 4.98. The third kappa shape index (κ3) is 1.58. The topological polar surface area (TPSA) is 66.0 Å². The largest absolute Gasteiger partial charge is 0.506 e. The number of fused-ring (bicyclic) bond motifs is 4. The molecular weight excluding hydrogens is 260 g/mol. The molecular formula is C14H12N2O2S. The van der Waals surface area contributed by atoms with Crippen molar-refractivity contribution in [3.05, 3.63) is 33.7 Å². The van der Waals surface area contributed by atoms with E-state index in [1.54, 1.807) is 0 Å². The Balaban J connectivity index is 2.15. The highest BCUT2D eigenvalue weighted by Gasteiger charge is 2.16. The molecule has 3 heterocycles. The average Bonchev–Trinajstić information content (AvgIpc) is 2.74. The number of nitrogens with one attached hydrogen (secondary N) is 1. The van der Waals surface area contributed by atoms with Gasteiger partial charge in [-0.05, 0) is 37.3 Å². The minimum Gasteiger partial charge on any atom is -0.506 e. The number of thiophene rings is 1. The number of aromatic hydroxyl groups is 1. The molecule has 4 nitrogen and oxygen atoms in total. The van der Waals surface area contributed by atoms with Gasteiger partial charge < -0.3 is 10.1 Å². The third-order valence-electron chi connectivity index (χ3n) is 3.71. The van der Waals surface area contributed by atoms with Crippen LogP contribution in [0.15, 0.2) is 16.9 Å². The van der Waals surface area contributed by atoms with Gasteiger partial charge in [0, 0.05) is 17.1 Å². The average molecular weight is 272 g/mol. The van der Waals surface area contributed by atoms with E-state index in [4.69, 9.17) is 4.98 Å². The van der Waals surface area contributed by atoms with Crippen LogP contribution >= 0.6 is 11.3 Å². The van der Waals surface area contributed by atoms with Crippen LogP contribution in [0, 0.1) is 0 Å². The van der Waals surface area contributed by atoms with Crippen molar-refractivity contribution in [1.82, 2.24) is 9.97 Å². The van der Waals surface area contributed by atoms with Crippen LogP contribution < -0.4 is 5.56 Å². The Morgan fingerprint density at radius 1 is 1.26 bits per heavy atom. The lowest BCUT2D eigenvalue weighted by Crippen LogP contribution is -2.05. The molecule has 2 N–H and O–H groups in total. The van der Waals surface area contributed by atoms with Crippen LogP contribution in [-0.2, 0) is 12.8 Å². The maximum Gasteiger partial charge on any atom is 0.252 e. The zero-order chi connectivity index (χ0) is 13.0. The summed E-state index contributed by atoms with van der Waals surface area (Å²) >= 11 is 1.44. The van der Waals surface area contributed by atoms with Crippen LogP contribution in [0.5, 0.6) is 5.75 Å². The second-order valence-corrected chi connectivity index (χ2v) is 5.98. The van der Waals surface area contributed by atoms with Gasteiger partial charge in [0.2, 0.25) is 0 Å². The van der Waals surface area contributed by atoms with E-state index >= 15 is 0 Å². The molecule has 5 heteroatoms. The Bertz CT molecular complexity index is 863. The molecule has 0 aromatic carbocycles. The highest BCUT2D eigenvalue weighted by Crippen LogP contribution is 2.37. The molecule has 3 aromatic heterocycles. The Hall–Kier alpha value is -1.88. The van der Waals surface area contributed by atoms with Gasteiger partial charge in [-0.3, -0.25) is 4.79 Å². The van der Waals surface area contributed by atoms with Gasteiger partial charge in [0.25, 0.3) is 5.56 Å². The molecule has 4 rings (SSSR count). The van der Waals surface area contributed by atoms with Gasteiger partial charge in [0.1, 0.15) is 10.6 Å².